The molecule has 0 bridgehead atoms. The third kappa shape index (κ3) is 8.91. The molecule has 0 fully saturated rings. The molecule has 0 aromatic heterocycles. The zero-order valence-corrected chi connectivity index (χ0v) is 18.4. The van der Waals surface area contributed by atoms with Gasteiger partial charge in [0.15, 0.2) is 0 Å². The number of unbranched alkanes of at least 4 members (excludes halogenated alkanes) is 1. The van der Waals surface area contributed by atoms with Gasteiger partial charge in [0, 0.05) is 6.42 Å². The molecule has 2 aromatic carbocycles. The lowest BCUT2D eigenvalue weighted by molar-refractivity contribution is -0.142. The molecule has 3 unspecified atom stereocenters. The van der Waals surface area contributed by atoms with E-state index in [-0.39, 0.29) is 25.0 Å². The third-order valence-electron chi connectivity index (χ3n) is 5.21. The van der Waals surface area contributed by atoms with Gasteiger partial charge in [-0.25, -0.2) is 4.79 Å². The topological polar surface area (TPSA) is 168 Å². The summed E-state index contributed by atoms with van der Waals surface area (Å²) in [6.07, 6.45) is 1.84. The smallest absolute Gasteiger partial charge is 0.326 e. The number of aromatic hydroxyl groups is 1. The van der Waals surface area contributed by atoms with Crippen LogP contribution in [-0.2, 0) is 27.2 Å². The Labute approximate surface area is 193 Å². The molecule has 0 radical (unpaired) electrons. The minimum atomic E-state index is -1.14. The molecule has 2 amide bonds. The second kappa shape index (κ2) is 13.2. The largest absolute Gasteiger partial charge is 0.508 e. The van der Waals surface area contributed by atoms with Gasteiger partial charge in [0.2, 0.25) is 11.8 Å². The molecule has 178 valence electrons. The number of hydrogen-bond donors (Lipinski definition) is 6. The molecule has 0 saturated carbocycles. The van der Waals surface area contributed by atoms with Crippen molar-refractivity contribution in [2.75, 3.05) is 6.54 Å². The molecule has 0 aliphatic carbocycles. The van der Waals surface area contributed by atoms with E-state index < -0.39 is 35.9 Å². The standard InChI is InChI=1S/C24H32N4O5/c25-13-5-4-8-20(24(32)33)27-23(31)21(15-16-6-2-1-3-7-16)28-22(30)19(26)14-17-9-11-18(29)12-10-17/h1-3,6-7,9-12,19-21,29H,4-5,8,13-15,25-26H2,(H,27,31)(H,28,30)(H,32,33). The number of carboxylic acids is 1. The van der Waals surface area contributed by atoms with Gasteiger partial charge in [-0.15, -0.1) is 0 Å². The molecule has 9 heteroatoms. The van der Waals surface area contributed by atoms with E-state index >= 15 is 0 Å². The fourth-order valence-electron chi connectivity index (χ4n) is 3.34. The number of nitrogens with one attached hydrogen (secondary N) is 2. The van der Waals surface area contributed by atoms with Crippen molar-refractivity contribution in [3.05, 3.63) is 65.7 Å². The summed E-state index contributed by atoms with van der Waals surface area (Å²) in [5.74, 6) is -2.16. The summed E-state index contributed by atoms with van der Waals surface area (Å²) in [5.41, 5.74) is 13.1. The van der Waals surface area contributed by atoms with Crippen molar-refractivity contribution in [3.63, 3.8) is 0 Å². The van der Waals surface area contributed by atoms with Crippen LogP contribution in [0.4, 0.5) is 0 Å². The molecule has 0 aliphatic heterocycles. The Kier molecular flexibility index (Phi) is 10.3. The maximum atomic E-state index is 13.0. The highest BCUT2D eigenvalue weighted by molar-refractivity contribution is 5.92. The van der Waals surface area contributed by atoms with Gasteiger partial charge in [-0.3, -0.25) is 9.59 Å². The molecule has 33 heavy (non-hydrogen) atoms. The van der Waals surface area contributed by atoms with E-state index in [1.165, 1.54) is 12.1 Å². The number of hydrogen-bond acceptors (Lipinski definition) is 6. The Bertz CT molecular complexity index is 905. The second-order valence-electron chi connectivity index (χ2n) is 7.91. The number of amides is 2. The van der Waals surface area contributed by atoms with Crippen molar-refractivity contribution < 1.29 is 24.6 Å². The van der Waals surface area contributed by atoms with Crippen LogP contribution in [0.15, 0.2) is 54.6 Å². The highest BCUT2D eigenvalue weighted by Gasteiger charge is 2.28. The lowest BCUT2D eigenvalue weighted by Gasteiger charge is -2.23. The maximum Gasteiger partial charge on any atom is 0.326 e. The zero-order valence-electron chi connectivity index (χ0n) is 18.4. The molecule has 0 spiro atoms. The van der Waals surface area contributed by atoms with Crippen molar-refractivity contribution in [3.8, 4) is 5.75 Å². The van der Waals surface area contributed by atoms with Gasteiger partial charge in [-0.2, -0.15) is 0 Å². The number of rotatable bonds is 13. The Morgan fingerprint density at radius 3 is 2.03 bits per heavy atom. The van der Waals surface area contributed by atoms with Gasteiger partial charge in [0.25, 0.3) is 0 Å². The first-order valence-electron chi connectivity index (χ1n) is 10.9. The fourth-order valence-corrected chi connectivity index (χ4v) is 3.34. The molecule has 0 saturated heterocycles. The van der Waals surface area contributed by atoms with Crippen LogP contribution >= 0.6 is 0 Å². The summed E-state index contributed by atoms with van der Waals surface area (Å²) in [5, 5.41) is 24.1. The van der Waals surface area contributed by atoms with Crippen molar-refractivity contribution in [2.45, 2.75) is 50.2 Å². The number of phenolic OH excluding ortho intramolecular Hbond substituents is 1. The highest BCUT2D eigenvalue weighted by atomic mass is 16.4. The van der Waals surface area contributed by atoms with E-state index in [0.29, 0.717) is 19.4 Å². The van der Waals surface area contributed by atoms with E-state index in [0.717, 1.165) is 11.1 Å². The number of benzene rings is 2. The van der Waals surface area contributed by atoms with Crippen LogP contribution in [0.25, 0.3) is 0 Å². The molecule has 8 N–H and O–H groups in total. The predicted octanol–water partition coefficient (Wildman–Crippen LogP) is 0.688. The van der Waals surface area contributed by atoms with Crippen molar-refractivity contribution in [1.82, 2.24) is 10.6 Å². The Morgan fingerprint density at radius 1 is 0.818 bits per heavy atom. The monoisotopic (exact) mass is 456 g/mol. The summed E-state index contributed by atoms with van der Waals surface area (Å²) in [4.78, 5) is 37.3. The Morgan fingerprint density at radius 2 is 1.42 bits per heavy atom. The van der Waals surface area contributed by atoms with Crippen molar-refractivity contribution in [1.29, 1.82) is 0 Å². The summed E-state index contributed by atoms with van der Waals surface area (Å²) in [7, 11) is 0. The number of aliphatic carboxylic acids is 1. The van der Waals surface area contributed by atoms with Crippen LogP contribution in [0.1, 0.15) is 30.4 Å². The molecule has 0 aliphatic rings. The minimum absolute atomic E-state index is 0.107. The van der Waals surface area contributed by atoms with E-state index in [2.05, 4.69) is 10.6 Å². The van der Waals surface area contributed by atoms with E-state index in [1.54, 1.807) is 12.1 Å². The number of carbonyl (C=O) groups excluding carboxylic acids is 2. The van der Waals surface area contributed by atoms with Crippen molar-refractivity contribution in [2.24, 2.45) is 11.5 Å². The minimum Gasteiger partial charge on any atom is -0.508 e. The predicted molar refractivity (Wildman–Crippen MR) is 124 cm³/mol. The lowest BCUT2D eigenvalue weighted by atomic mass is 10.0. The number of carbonyl (C=O) groups is 3. The molecule has 2 rings (SSSR count). The zero-order chi connectivity index (χ0) is 24.2. The molecule has 9 nitrogen and oxygen atoms in total. The molecular formula is C24H32N4O5. The van der Waals surface area contributed by atoms with Crippen LogP contribution in [0.5, 0.6) is 5.75 Å². The van der Waals surface area contributed by atoms with Crippen LogP contribution in [0.3, 0.4) is 0 Å². The van der Waals surface area contributed by atoms with E-state index in [1.807, 2.05) is 30.3 Å². The molecule has 0 heterocycles. The van der Waals surface area contributed by atoms with Gasteiger partial charge < -0.3 is 32.3 Å². The van der Waals surface area contributed by atoms with Crippen LogP contribution in [0.2, 0.25) is 0 Å². The average Bonchev–Trinajstić information content (AvgIpc) is 2.80. The highest BCUT2D eigenvalue weighted by Crippen LogP contribution is 2.11. The first kappa shape index (κ1) is 25.8. The van der Waals surface area contributed by atoms with Gasteiger partial charge in [0.05, 0.1) is 6.04 Å². The van der Waals surface area contributed by atoms with Gasteiger partial charge in [-0.05, 0) is 55.5 Å². The summed E-state index contributed by atoms with van der Waals surface area (Å²) < 4.78 is 0. The molecular weight excluding hydrogens is 424 g/mol. The SMILES string of the molecule is NCCCCC(NC(=O)C(Cc1ccccc1)NC(=O)C(N)Cc1ccc(O)cc1)C(=O)O. The lowest BCUT2D eigenvalue weighted by Crippen LogP contribution is -2.55. The molecule has 3 atom stereocenters. The summed E-state index contributed by atoms with van der Waals surface area (Å²) >= 11 is 0. The Hall–Kier alpha value is -3.43. The Balaban J connectivity index is 2.09. The summed E-state index contributed by atoms with van der Waals surface area (Å²) in [6, 6.07) is 12.4. The van der Waals surface area contributed by atoms with E-state index in [9.17, 15) is 24.6 Å². The molecule has 2 aromatic rings. The average molecular weight is 457 g/mol. The van der Waals surface area contributed by atoms with Crippen molar-refractivity contribution >= 4 is 17.8 Å². The first-order chi connectivity index (χ1) is 15.8. The number of phenols is 1. The second-order valence-corrected chi connectivity index (χ2v) is 7.91. The normalized spacial score (nSPS) is 13.5. The summed E-state index contributed by atoms with van der Waals surface area (Å²) in [6.45, 7) is 0.436. The first-order valence-corrected chi connectivity index (χ1v) is 10.9. The van der Waals surface area contributed by atoms with Crippen LogP contribution in [-0.4, -0.2) is 52.7 Å². The fraction of sp³-hybridized carbons (Fsp3) is 0.375. The van der Waals surface area contributed by atoms with Gasteiger partial charge >= 0.3 is 5.97 Å². The van der Waals surface area contributed by atoms with E-state index in [4.69, 9.17) is 11.5 Å². The van der Waals surface area contributed by atoms with Crippen LogP contribution in [0, 0.1) is 0 Å². The maximum absolute atomic E-state index is 13.0. The third-order valence-corrected chi connectivity index (χ3v) is 5.21. The number of nitrogens with two attached hydrogens (primary N) is 2. The quantitative estimate of drug-likeness (QED) is 0.241. The van der Waals surface area contributed by atoms with Gasteiger partial charge in [0.1, 0.15) is 17.8 Å². The number of carboxylic acid groups (broad SMARTS) is 1. The van der Waals surface area contributed by atoms with Crippen LogP contribution < -0.4 is 22.1 Å². The van der Waals surface area contributed by atoms with Gasteiger partial charge in [-0.1, -0.05) is 42.5 Å².